The molecule has 0 spiro atoms. The molecule has 6 heteroatoms. The summed E-state index contributed by atoms with van der Waals surface area (Å²) >= 11 is 0. The van der Waals surface area contributed by atoms with Gasteiger partial charge in [0.1, 0.15) is 11.6 Å². The highest BCUT2D eigenvalue weighted by Gasteiger charge is 2.26. The summed E-state index contributed by atoms with van der Waals surface area (Å²) in [7, 11) is 0. The van der Waals surface area contributed by atoms with E-state index in [0.717, 1.165) is 6.07 Å². The number of alkyl halides is 3. The lowest BCUT2D eigenvalue weighted by molar-refractivity contribution is -0.136. The van der Waals surface area contributed by atoms with Crippen LogP contribution in [0.25, 0.3) is 0 Å². The maximum absolute atomic E-state index is 13.5. The fourth-order valence-corrected chi connectivity index (χ4v) is 1.43. The summed E-state index contributed by atoms with van der Waals surface area (Å²) in [6.07, 6.45) is -5.25. The van der Waals surface area contributed by atoms with Crippen molar-refractivity contribution < 1.29 is 22.3 Å². The Kier molecular flexibility index (Phi) is 4.95. The Labute approximate surface area is 103 Å². The molecule has 1 unspecified atom stereocenters. The van der Waals surface area contributed by atoms with Crippen molar-refractivity contribution in [3.05, 3.63) is 29.6 Å². The molecule has 0 aliphatic carbocycles. The highest BCUT2D eigenvalue weighted by molar-refractivity contribution is 5.30. The average molecular weight is 265 g/mol. The monoisotopic (exact) mass is 265 g/mol. The van der Waals surface area contributed by atoms with Crippen LogP contribution < -0.4 is 10.5 Å². The molecule has 0 aliphatic rings. The molecule has 0 aliphatic heterocycles. The summed E-state index contributed by atoms with van der Waals surface area (Å²) in [5.41, 5.74) is 5.87. The van der Waals surface area contributed by atoms with E-state index in [2.05, 4.69) is 0 Å². The number of benzene rings is 1. The number of halogens is 4. The van der Waals surface area contributed by atoms with E-state index in [9.17, 15) is 17.6 Å². The van der Waals surface area contributed by atoms with Gasteiger partial charge in [-0.3, -0.25) is 0 Å². The second-order valence-corrected chi connectivity index (χ2v) is 4.04. The fraction of sp³-hybridized carbons (Fsp3) is 0.500. The normalized spacial score (nSPS) is 13.4. The first-order valence-corrected chi connectivity index (χ1v) is 5.54. The number of rotatable bonds is 5. The molecule has 1 atom stereocenters. The van der Waals surface area contributed by atoms with Crippen molar-refractivity contribution in [2.45, 2.75) is 32.0 Å². The van der Waals surface area contributed by atoms with Gasteiger partial charge in [0.15, 0.2) is 0 Å². The molecule has 0 radical (unpaired) electrons. The molecule has 0 saturated carbocycles. The maximum atomic E-state index is 13.5. The lowest BCUT2D eigenvalue weighted by Crippen LogP contribution is -2.10. The van der Waals surface area contributed by atoms with Gasteiger partial charge in [0, 0.05) is 24.1 Å². The van der Waals surface area contributed by atoms with Gasteiger partial charge in [-0.15, -0.1) is 0 Å². The third-order valence-corrected chi connectivity index (χ3v) is 2.34. The molecule has 1 rings (SSSR count). The topological polar surface area (TPSA) is 35.2 Å². The highest BCUT2D eigenvalue weighted by Crippen LogP contribution is 2.23. The Morgan fingerprint density at radius 1 is 1.33 bits per heavy atom. The van der Waals surface area contributed by atoms with E-state index in [1.54, 1.807) is 6.92 Å². The van der Waals surface area contributed by atoms with Crippen molar-refractivity contribution in [1.29, 1.82) is 0 Å². The smallest absolute Gasteiger partial charge is 0.389 e. The number of hydrogen-bond donors (Lipinski definition) is 1. The van der Waals surface area contributed by atoms with Crippen molar-refractivity contribution in [2.75, 3.05) is 6.61 Å². The van der Waals surface area contributed by atoms with Crippen LogP contribution in [-0.4, -0.2) is 12.8 Å². The Morgan fingerprint density at radius 3 is 2.50 bits per heavy atom. The molecule has 0 fully saturated rings. The van der Waals surface area contributed by atoms with E-state index in [4.69, 9.17) is 10.5 Å². The maximum Gasteiger partial charge on any atom is 0.389 e. The molecule has 0 bridgehead atoms. The van der Waals surface area contributed by atoms with E-state index in [1.807, 2.05) is 0 Å². The molecular weight excluding hydrogens is 250 g/mol. The molecule has 1 aromatic rings. The van der Waals surface area contributed by atoms with Crippen LogP contribution in [-0.2, 0) is 0 Å². The van der Waals surface area contributed by atoms with Gasteiger partial charge >= 0.3 is 6.18 Å². The second-order valence-electron chi connectivity index (χ2n) is 4.04. The quantitative estimate of drug-likeness (QED) is 0.652. The summed E-state index contributed by atoms with van der Waals surface area (Å²) in [5, 5.41) is 0. The Morgan fingerprint density at radius 2 is 2.00 bits per heavy atom. The van der Waals surface area contributed by atoms with Crippen LogP contribution in [0.4, 0.5) is 17.6 Å². The van der Waals surface area contributed by atoms with E-state index in [1.165, 1.54) is 12.1 Å². The Bertz CT molecular complexity index is 390. The van der Waals surface area contributed by atoms with Crippen LogP contribution in [0.3, 0.4) is 0 Å². The van der Waals surface area contributed by atoms with E-state index >= 15 is 0 Å². The summed E-state index contributed by atoms with van der Waals surface area (Å²) in [6.45, 7) is 1.54. The Hall–Kier alpha value is -1.30. The van der Waals surface area contributed by atoms with Gasteiger partial charge < -0.3 is 10.5 Å². The number of hydrogen-bond acceptors (Lipinski definition) is 2. The minimum absolute atomic E-state index is 0.101. The van der Waals surface area contributed by atoms with Gasteiger partial charge in [-0.2, -0.15) is 13.2 Å². The van der Waals surface area contributed by atoms with Crippen molar-refractivity contribution in [1.82, 2.24) is 0 Å². The van der Waals surface area contributed by atoms with Crippen LogP contribution in [0.2, 0.25) is 0 Å². The second kappa shape index (κ2) is 6.04. The first kappa shape index (κ1) is 14.8. The molecule has 2 N–H and O–H groups in total. The van der Waals surface area contributed by atoms with E-state index in [0.29, 0.717) is 5.56 Å². The molecule has 0 aromatic heterocycles. The standard InChI is InChI=1S/C12H15F4NO/c1-8(17)10-4-3-9(7-11(10)13)18-6-2-5-12(14,15)16/h3-4,7-8H,2,5-6,17H2,1H3. The first-order chi connectivity index (χ1) is 8.29. The number of ether oxygens (including phenoxy) is 1. The molecule has 2 nitrogen and oxygen atoms in total. The Balaban J connectivity index is 2.47. The average Bonchev–Trinajstić information content (AvgIpc) is 2.22. The predicted molar refractivity (Wildman–Crippen MR) is 59.8 cm³/mol. The minimum Gasteiger partial charge on any atom is -0.493 e. The molecule has 0 saturated heterocycles. The summed E-state index contributed by atoms with van der Waals surface area (Å²) < 4.78 is 54.1. The first-order valence-electron chi connectivity index (χ1n) is 5.54. The van der Waals surface area contributed by atoms with Crippen molar-refractivity contribution in [3.8, 4) is 5.75 Å². The zero-order valence-electron chi connectivity index (χ0n) is 9.93. The molecule has 18 heavy (non-hydrogen) atoms. The third-order valence-electron chi connectivity index (χ3n) is 2.34. The molecule has 0 heterocycles. The summed E-state index contributed by atoms with van der Waals surface area (Å²) in [4.78, 5) is 0. The predicted octanol–water partition coefficient (Wildman–Crippen LogP) is 3.57. The van der Waals surface area contributed by atoms with Gasteiger partial charge in [-0.05, 0) is 19.4 Å². The molecular formula is C12H15F4NO. The number of nitrogens with two attached hydrogens (primary N) is 1. The highest BCUT2D eigenvalue weighted by atomic mass is 19.4. The van der Waals surface area contributed by atoms with Crippen molar-refractivity contribution >= 4 is 0 Å². The van der Waals surface area contributed by atoms with Crippen molar-refractivity contribution in [3.63, 3.8) is 0 Å². The van der Waals surface area contributed by atoms with Gasteiger partial charge in [-0.1, -0.05) is 6.07 Å². The summed E-state index contributed by atoms with van der Waals surface area (Å²) in [5.74, 6) is -0.308. The molecule has 102 valence electrons. The van der Waals surface area contributed by atoms with Crippen LogP contribution in [0.5, 0.6) is 5.75 Å². The SMILES string of the molecule is CC(N)c1ccc(OCCCC(F)(F)F)cc1F. The van der Waals surface area contributed by atoms with Crippen molar-refractivity contribution in [2.24, 2.45) is 5.73 Å². The lowest BCUT2D eigenvalue weighted by atomic mass is 10.1. The third kappa shape index (κ3) is 4.91. The fourth-order valence-electron chi connectivity index (χ4n) is 1.43. The van der Waals surface area contributed by atoms with Crippen LogP contribution in [0, 0.1) is 5.82 Å². The van der Waals surface area contributed by atoms with Crippen LogP contribution in [0.1, 0.15) is 31.4 Å². The van der Waals surface area contributed by atoms with Gasteiger partial charge in [0.25, 0.3) is 0 Å². The minimum atomic E-state index is -4.19. The van der Waals surface area contributed by atoms with Crippen LogP contribution >= 0.6 is 0 Å². The molecule has 1 aromatic carbocycles. The van der Waals surface area contributed by atoms with Crippen LogP contribution in [0.15, 0.2) is 18.2 Å². The summed E-state index contributed by atoms with van der Waals surface area (Å²) in [6, 6.07) is 3.66. The van der Waals surface area contributed by atoms with Gasteiger partial charge in [0.2, 0.25) is 0 Å². The largest absolute Gasteiger partial charge is 0.493 e. The molecule has 0 amide bonds. The van der Waals surface area contributed by atoms with E-state index in [-0.39, 0.29) is 18.8 Å². The van der Waals surface area contributed by atoms with E-state index < -0.39 is 24.5 Å². The zero-order chi connectivity index (χ0) is 13.8. The lowest BCUT2D eigenvalue weighted by Gasteiger charge is -2.11. The zero-order valence-corrected chi connectivity index (χ0v) is 9.93. The van der Waals surface area contributed by atoms with Gasteiger partial charge in [0.05, 0.1) is 6.61 Å². The van der Waals surface area contributed by atoms with Gasteiger partial charge in [-0.25, -0.2) is 4.39 Å².